The summed E-state index contributed by atoms with van der Waals surface area (Å²) in [4.78, 5) is 14.6. The molecule has 0 bridgehead atoms. The van der Waals surface area contributed by atoms with E-state index in [1.54, 1.807) is 30.0 Å². The number of halogens is 2. The highest BCUT2D eigenvalue weighted by Gasteiger charge is 2.31. The summed E-state index contributed by atoms with van der Waals surface area (Å²) in [6.45, 7) is 7.31. The molecular weight excluding hydrogens is 387 g/mol. The maximum Gasteiger partial charge on any atom is 0.323 e. The van der Waals surface area contributed by atoms with Gasteiger partial charge in [-0.2, -0.15) is 0 Å². The van der Waals surface area contributed by atoms with E-state index in [9.17, 15) is 4.79 Å². The van der Waals surface area contributed by atoms with Gasteiger partial charge in [-0.25, -0.2) is 4.79 Å². The number of urea groups is 1. The molecule has 1 N–H and O–H groups in total. The molecule has 26 heavy (non-hydrogen) atoms. The molecule has 0 saturated carbocycles. The third-order valence-corrected chi connectivity index (χ3v) is 6.38. The van der Waals surface area contributed by atoms with Gasteiger partial charge in [0.2, 0.25) is 0 Å². The van der Waals surface area contributed by atoms with Crippen LogP contribution in [-0.4, -0.2) is 23.2 Å². The summed E-state index contributed by atoms with van der Waals surface area (Å²) >= 11 is 13.7. The van der Waals surface area contributed by atoms with Gasteiger partial charge in [0.15, 0.2) is 0 Å². The smallest absolute Gasteiger partial charge is 0.308 e. The lowest BCUT2D eigenvalue weighted by Crippen LogP contribution is -2.34. The molecule has 1 fully saturated rings. The van der Waals surface area contributed by atoms with Crippen LogP contribution in [0.25, 0.3) is 0 Å². The molecule has 0 aliphatic carbocycles. The molecule has 2 aromatic rings. The van der Waals surface area contributed by atoms with Crippen molar-refractivity contribution in [2.45, 2.75) is 31.6 Å². The van der Waals surface area contributed by atoms with Crippen LogP contribution >= 0.6 is 35.0 Å². The van der Waals surface area contributed by atoms with Crippen molar-refractivity contribution in [3.63, 3.8) is 0 Å². The minimum absolute atomic E-state index is 0.0202. The number of nitrogens with zero attached hydrogens (tertiary/aromatic N) is 1. The highest BCUT2D eigenvalue weighted by molar-refractivity contribution is 7.99. The van der Waals surface area contributed by atoms with Gasteiger partial charge < -0.3 is 10.2 Å². The third kappa shape index (κ3) is 4.30. The molecule has 1 atom stereocenters. The van der Waals surface area contributed by atoms with Gasteiger partial charge in [-0.05, 0) is 34.7 Å². The molecule has 6 heteroatoms. The van der Waals surface area contributed by atoms with E-state index in [2.05, 4.69) is 50.4 Å². The summed E-state index contributed by atoms with van der Waals surface area (Å²) in [6.07, 6.45) is 0. The predicted molar refractivity (Wildman–Crippen MR) is 113 cm³/mol. The van der Waals surface area contributed by atoms with Crippen LogP contribution in [0.2, 0.25) is 10.0 Å². The van der Waals surface area contributed by atoms with Gasteiger partial charge in [0, 0.05) is 18.0 Å². The summed E-state index contributed by atoms with van der Waals surface area (Å²) in [5, 5.41) is 3.83. The lowest BCUT2D eigenvalue weighted by Gasteiger charge is -2.25. The van der Waals surface area contributed by atoms with Crippen LogP contribution in [0, 0.1) is 0 Å². The molecule has 0 radical (unpaired) electrons. The average Bonchev–Trinajstić information content (AvgIpc) is 3.07. The first kappa shape index (κ1) is 19.4. The number of hydrogen-bond acceptors (Lipinski definition) is 2. The minimum atomic E-state index is -0.127. The second-order valence-corrected chi connectivity index (χ2v) is 9.35. The SMILES string of the molecule is CC(C)(C)c1ccc([C@H]2SCCN2C(=O)Nc2ccc(Cl)c(Cl)c2)cc1. The number of nitrogens with one attached hydrogen (secondary N) is 1. The Labute approximate surface area is 169 Å². The molecule has 3 rings (SSSR count). The van der Waals surface area contributed by atoms with Crippen molar-refractivity contribution in [2.75, 3.05) is 17.6 Å². The van der Waals surface area contributed by atoms with Crippen LogP contribution in [-0.2, 0) is 5.41 Å². The molecule has 2 aromatic carbocycles. The highest BCUT2D eigenvalue weighted by atomic mass is 35.5. The van der Waals surface area contributed by atoms with Gasteiger partial charge >= 0.3 is 6.03 Å². The van der Waals surface area contributed by atoms with Gasteiger partial charge in [0.1, 0.15) is 5.37 Å². The van der Waals surface area contributed by atoms with Crippen LogP contribution in [0.4, 0.5) is 10.5 Å². The molecule has 3 nitrogen and oxygen atoms in total. The average molecular weight is 409 g/mol. The van der Waals surface area contributed by atoms with E-state index in [1.807, 2.05) is 4.90 Å². The number of amides is 2. The second kappa shape index (κ2) is 7.71. The lowest BCUT2D eigenvalue weighted by atomic mass is 9.87. The van der Waals surface area contributed by atoms with E-state index in [0.717, 1.165) is 11.3 Å². The van der Waals surface area contributed by atoms with Gasteiger partial charge in [-0.3, -0.25) is 0 Å². The number of benzene rings is 2. The zero-order valence-electron chi connectivity index (χ0n) is 15.1. The Hall–Kier alpha value is -1.36. The molecule has 0 aromatic heterocycles. The topological polar surface area (TPSA) is 32.3 Å². The number of anilines is 1. The quantitative estimate of drug-likeness (QED) is 0.608. The number of thioether (sulfide) groups is 1. The number of rotatable bonds is 2. The summed E-state index contributed by atoms with van der Waals surface area (Å²) in [5.74, 6) is 0.917. The molecule has 0 spiro atoms. The lowest BCUT2D eigenvalue weighted by molar-refractivity contribution is 0.214. The van der Waals surface area contributed by atoms with E-state index < -0.39 is 0 Å². The molecule has 1 heterocycles. The van der Waals surface area contributed by atoms with E-state index in [4.69, 9.17) is 23.2 Å². The standard InChI is InChI=1S/C20H22Cl2N2OS/c1-20(2,3)14-6-4-13(5-7-14)18-24(10-11-26-18)19(25)23-15-8-9-16(21)17(22)12-15/h4-9,12,18H,10-11H2,1-3H3,(H,23,25)/t18-/m1/s1. The van der Waals surface area contributed by atoms with E-state index >= 15 is 0 Å². The molecule has 138 valence electrons. The monoisotopic (exact) mass is 408 g/mol. The summed E-state index contributed by atoms with van der Waals surface area (Å²) < 4.78 is 0. The van der Waals surface area contributed by atoms with Gasteiger partial charge in [0.05, 0.1) is 10.0 Å². The van der Waals surface area contributed by atoms with E-state index in [0.29, 0.717) is 22.3 Å². The summed E-state index contributed by atoms with van der Waals surface area (Å²) in [5.41, 5.74) is 3.19. The van der Waals surface area contributed by atoms with Crippen molar-refractivity contribution < 1.29 is 4.79 Å². The Balaban J connectivity index is 1.75. The maximum atomic E-state index is 12.7. The predicted octanol–water partition coefficient (Wildman–Crippen LogP) is 6.57. The zero-order chi connectivity index (χ0) is 18.9. The fourth-order valence-corrected chi connectivity index (χ4v) is 4.43. The first-order chi connectivity index (χ1) is 12.3. The van der Waals surface area contributed by atoms with Gasteiger partial charge in [-0.1, -0.05) is 68.2 Å². The van der Waals surface area contributed by atoms with Crippen molar-refractivity contribution in [3.05, 3.63) is 63.6 Å². The first-order valence-electron chi connectivity index (χ1n) is 8.50. The third-order valence-electron chi connectivity index (χ3n) is 4.38. The van der Waals surface area contributed by atoms with Crippen molar-refractivity contribution in [3.8, 4) is 0 Å². The number of hydrogen-bond donors (Lipinski definition) is 1. The molecule has 1 saturated heterocycles. The maximum absolute atomic E-state index is 12.7. The zero-order valence-corrected chi connectivity index (χ0v) is 17.4. The van der Waals surface area contributed by atoms with Crippen LogP contribution in [0.15, 0.2) is 42.5 Å². The van der Waals surface area contributed by atoms with Crippen LogP contribution in [0.3, 0.4) is 0 Å². The van der Waals surface area contributed by atoms with Gasteiger partial charge in [0.25, 0.3) is 0 Å². The molecule has 2 amide bonds. The fourth-order valence-electron chi connectivity index (χ4n) is 2.87. The Morgan fingerprint density at radius 1 is 1.12 bits per heavy atom. The van der Waals surface area contributed by atoms with Crippen LogP contribution < -0.4 is 5.32 Å². The van der Waals surface area contributed by atoms with E-state index in [1.165, 1.54) is 5.56 Å². The Bertz CT molecular complexity index is 802. The fraction of sp³-hybridized carbons (Fsp3) is 0.350. The second-order valence-electron chi connectivity index (χ2n) is 7.35. The molecule has 1 aliphatic heterocycles. The van der Waals surface area contributed by atoms with E-state index in [-0.39, 0.29) is 16.8 Å². The van der Waals surface area contributed by atoms with Crippen molar-refractivity contribution >= 4 is 46.7 Å². The van der Waals surface area contributed by atoms with Crippen molar-refractivity contribution in [1.29, 1.82) is 0 Å². The van der Waals surface area contributed by atoms with Gasteiger partial charge in [-0.15, -0.1) is 11.8 Å². The normalized spacial score (nSPS) is 17.4. The highest BCUT2D eigenvalue weighted by Crippen LogP contribution is 2.39. The molecule has 1 aliphatic rings. The van der Waals surface area contributed by atoms with Crippen LogP contribution in [0.5, 0.6) is 0 Å². The largest absolute Gasteiger partial charge is 0.323 e. The minimum Gasteiger partial charge on any atom is -0.308 e. The Morgan fingerprint density at radius 2 is 1.81 bits per heavy atom. The van der Waals surface area contributed by atoms with Crippen molar-refractivity contribution in [2.24, 2.45) is 0 Å². The molecule has 0 unspecified atom stereocenters. The summed E-state index contributed by atoms with van der Waals surface area (Å²) in [7, 11) is 0. The summed E-state index contributed by atoms with van der Waals surface area (Å²) in [6, 6.07) is 13.5. The molecular formula is C20H22Cl2N2OS. The Kier molecular flexibility index (Phi) is 5.75. The number of carbonyl (C=O) groups is 1. The van der Waals surface area contributed by atoms with Crippen LogP contribution in [0.1, 0.15) is 37.3 Å². The Morgan fingerprint density at radius 3 is 2.42 bits per heavy atom. The number of carbonyl (C=O) groups excluding carboxylic acids is 1. The first-order valence-corrected chi connectivity index (χ1v) is 10.3. The van der Waals surface area contributed by atoms with Crippen molar-refractivity contribution in [1.82, 2.24) is 4.90 Å².